The number of hydrogen-bond acceptors (Lipinski definition) is 6. The first-order valence-electron chi connectivity index (χ1n) is 10.7. The van der Waals surface area contributed by atoms with Crippen LogP contribution in [-0.4, -0.2) is 55.3 Å². The van der Waals surface area contributed by atoms with E-state index in [4.69, 9.17) is 4.74 Å². The summed E-state index contributed by atoms with van der Waals surface area (Å²) in [6.07, 6.45) is 3.73. The summed E-state index contributed by atoms with van der Waals surface area (Å²) in [6.45, 7) is 0.770. The number of methoxy groups -OCH3 is 1. The zero-order valence-electron chi connectivity index (χ0n) is 17.9. The number of carbonyl (C=O) groups excluding carboxylic acids is 4. The Morgan fingerprint density at radius 2 is 1.78 bits per heavy atom. The Labute approximate surface area is 189 Å². The van der Waals surface area contributed by atoms with Crippen molar-refractivity contribution in [2.45, 2.75) is 32.1 Å². The van der Waals surface area contributed by atoms with Gasteiger partial charge in [0.2, 0.25) is 5.91 Å². The van der Waals surface area contributed by atoms with Gasteiger partial charge in [0.15, 0.2) is 0 Å². The summed E-state index contributed by atoms with van der Waals surface area (Å²) >= 11 is 1.44. The lowest BCUT2D eigenvalue weighted by Gasteiger charge is -2.14. The molecule has 2 N–H and O–H groups in total. The minimum absolute atomic E-state index is 0.0152. The number of imide groups is 1. The maximum absolute atomic E-state index is 12.8. The second-order valence-corrected chi connectivity index (χ2v) is 8.87. The molecule has 1 aromatic heterocycles. The van der Waals surface area contributed by atoms with Gasteiger partial charge in [-0.25, -0.2) is 0 Å². The fourth-order valence-electron chi connectivity index (χ4n) is 4.09. The Morgan fingerprint density at radius 1 is 1.09 bits per heavy atom. The highest BCUT2D eigenvalue weighted by Gasteiger charge is 2.35. The van der Waals surface area contributed by atoms with Crippen LogP contribution in [-0.2, 0) is 22.4 Å². The molecule has 1 aromatic carbocycles. The molecular formula is C23H25N3O5S. The Morgan fingerprint density at radius 3 is 2.47 bits per heavy atom. The van der Waals surface area contributed by atoms with E-state index in [0.717, 1.165) is 41.0 Å². The molecule has 1 aliphatic heterocycles. The van der Waals surface area contributed by atoms with Gasteiger partial charge in [0.25, 0.3) is 17.7 Å². The molecule has 0 saturated carbocycles. The molecule has 0 bridgehead atoms. The average molecular weight is 456 g/mol. The van der Waals surface area contributed by atoms with Gasteiger partial charge in [-0.2, -0.15) is 0 Å². The largest absolute Gasteiger partial charge is 0.383 e. The second-order valence-electron chi connectivity index (χ2n) is 7.77. The summed E-state index contributed by atoms with van der Waals surface area (Å²) in [4.78, 5) is 52.7. The van der Waals surface area contributed by atoms with Crippen molar-refractivity contribution < 1.29 is 23.9 Å². The maximum Gasteiger partial charge on any atom is 0.261 e. The van der Waals surface area contributed by atoms with Gasteiger partial charge < -0.3 is 15.4 Å². The fraction of sp³-hybridized carbons (Fsp3) is 0.391. The number of fused-ring (bicyclic) bond motifs is 2. The number of nitrogens with one attached hydrogen (secondary N) is 2. The van der Waals surface area contributed by atoms with E-state index >= 15 is 0 Å². The van der Waals surface area contributed by atoms with Crippen LogP contribution in [0.3, 0.4) is 0 Å². The SMILES string of the molecule is COCCNC(=O)c1c(NC(=O)CCN2C(=O)c3ccccc3C2=O)sc2c1CCCC2. The smallest absolute Gasteiger partial charge is 0.261 e. The van der Waals surface area contributed by atoms with Gasteiger partial charge in [0.1, 0.15) is 5.00 Å². The lowest BCUT2D eigenvalue weighted by atomic mass is 9.95. The summed E-state index contributed by atoms with van der Waals surface area (Å²) in [5.41, 5.74) is 2.25. The monoisotopic (exact) mass is 455 g/mol. The number of amides is 4. The zero-order valence-corrected chi connectivity index (χ0v) is 18.7. The highest BCUT2D eigenvalue weighted by molar-refractivity contribution is 7.17. The normalized spacial score (nSPS) is 14.8. The third kappa shape index (κ3) is 4.31. The molecule has 0 spiro atoms. The van der Waals surface area contributed by atoms with Gasteiger partial charge in [-0.05, 0) is 43.4 Å². The molecule has 0 radical (unpaired) electrons. The molecule has 0 fully saturated rings. The number of benzene rings is 1. The highest BCUT2D eigenvalue weighted by atomic mass is 32.1. The number of anilines is 1. The molecule has 4 rings (SSSR count). The van der Waals surface area contributed by atoms with Crippen molar-refractivity contribution in [3.63, 3.8) is 0 Å². The van der Waals surface area contributed by atoms with E-state index in [0.29, 0.717) is 34.8 Å². The Balaban J connectivity index is 1.44. The summed E-state index contributed by atoms with van der Waals surface area (Å²) in [7, 11) is 1.57. The van der Waals surface area contributed by atoms with Crippen molar-refractivity contribution in [3.8, 4) is 0 Å². The van der Waals surface area contributed by atoms with Crippen molar-refractivity contribution in [1.82, 2.24) is 10.2 Å². The van der Waals surface area contributed by atoms with Crippen LogP contribution >= 0.6 is 11.3 Å². The third-order valence-corrected chi connectivity index (χ3v) is 6.89. The molecule has 0 unspecified atom stereocenters. The van der Waals surface area contributed by atoms with Crippen molar-refractivity contribution >= 4 is 40.0 Å². The maximum atomic E-state index is 12.8. The molecule has 168 valence electrons. The zero-order chi connectivity index (χ0) is 22.7. The summed E-state index contributed by atoms with van der Waals surface area (Å²) in [5.74, 6) is -1.34. The quantitative estimate of drug-likeness (QED) is 0.470. The van der Waals surface area contributed by atoms with Crippen LogP contribution in [0.4, 0.5) is 5.00 Å². The first-order valence-corrected chi connectivity index (χ1v) is 11.5. The van der Waals surface area contributed by atoms with Crippen LogP contribution < -0.4 is 10.6 Å². The second kappa shape index (κ2) is 9.62. The Bertz CT molecular complexity index is 1040. The average Bonchev–Trinajstić information content (AvgIpc) is 3.27. The van der Waals surface area contributed by atoms with E-state index in [1.807, 2.05) is 0 Å². The van der Waals surface area contributed by atoms with Crippen LogP contribution in [0.2, 0.25) is 0 Å². The first-order chi connectivity index (χ1) is 15.5. The molecule has 1 aliphatic carbocycles. The van der Waals surface area contributed by atoms with E-state index in [-0.39, 0.29) is 36.6 Å². The fourth-order valence-corrected chi connectivity index (χ4v) is 5.40. The lowest BCUT2D eigenvalue weighted by molar-refractivity contribution is -0.116. The van der Waals surface area contributed by atoms with Gasteiger partial charge in [-0.1, -0.05) is 12.1 Å². The van der Waals surface area contributed by atoms with E-state index in [1.165, 1.54) is 11.3 Å². The van der Waals surface area contributed by atoms with Crippen molar-refractivity contribution in [2.24, 2.45) is 0 Å². The predicted molar refractivity (Wildman–Crippen MR) is 120 cm³/mol. The predicted octanol–water partition coefficient (Wildman–Crippen LogP) is 2.63. The standard InChI is InChI=1S/C23H25N3O5S/c1-31-13-11-24-20(28)19-16-8-4-5-9-17(16)32-21(19)25-18(27)10-12-26-22(29)14-6-2-3-7-15(14)23(26)30/h2-3,6-7H,4-5,8-13H2,1H3,(H,24,28)(H,25,27). The Hall–Kier alpha value is -3.04. The minimum Gasteiger partial charge on any atom is -0.383 e. The summed E-state index contributed by atoms with van der Waals surface area (Å²) in [6, 6.07) is 6.64. The van der Waals surface area contributed by atoms with Crippen molar-refractivity contribution in [3.05, 3.63) is 51.4 Å². The third-order valence-electron chi connectivity index (χ3n) is 5.68. The summed E-state index contributed by atoms with van der Waals surface area (Å²) < 4.78 is 5.00. The minimum atomic E-state index is -0.386. The number of hydrogen-bond donors (Lipinski definition) is 2. The topological polar surface area (TPSA) is 105 Å². The molecule has 2 heterocycles. The van der Waals surface area contributed by atoms with Crippen LogP contribution in [0.25, 0.3) is 0 Å². The molecule has 0 saturated heterocycles. The molecule has 2 aromatic rings. The van der Waals surface area contributed by atoms with Crippen LogP contribution in [0.1, 0.15) is 60.8 Å². The molecular weight excluding hydrogens is 430 g/mol. The van der Waals surface area contributed by atoms with Crippen molar-refractivity contribution in [2.75, 3.05) is 32.1 Å². The van der Waals surface area contributed by atoms with E-state index in [1.54, 1.807) is 31.4 Å². The molecule has 4 amide bonds. The first kappa shape index (κ1) is 22.2. The number of thiophene rings is 1. The molecule has 8 nitrogen and oxygen atoms in total. The number of nitrogens with zero attached hydrogens (tertiary/aromatic N) is 1. The molecule has 32 heavy (non-hydrogen) atoms. The highest BCUT2D eigenvalue weighted by Crippen LogP contribution is 2.38. The van der Waals surface area contributed by atoms with Gasteiger partial charge >= 0.3 is 0 Å². The molecule has 2 aliphatic rings. The van der Waals surface area contributed by atoms with Gasteiger partial charge in [0.05, 0.1) is 23.3 Å². The van der Waals surface area contributed by atoms with E-state index in [2.05, 4.69) is 10.6 Å². The van der Waals surface area contributed by atoms with Crippen LogP contribution in [0.15, 0.2) is 24.3 Å². The molecule has 0 atom stereocenters. The number of rotatable bonds is 8. The summed E-state index contributed by atoms with van der Waals surface area (Å²) in [5, 5.41) is 6.22. The van der Waals surface area contributed by atoms with E-state index in [9.17, 15) is 19.2 Å². The number of aryl methyl sites for hydroxylation is 1. The lowest BCUT2D eigenvalue weighted by Crippen LogP contribution is -2.33. The number of carbonyl (C=O) groups is 4. The van der Waals surface area contributed by atoms with Crippen LogP contribution in [0.5, 0.6) is 0 Å². The van der Waals surface area contributed by atoms with Gasteiger partial charge in [-0.3, -0.25) is 24.1 Å². The van der Waals surface area contributed by atoms with Gasteiger partial charge in [-0.15, -0.1) is 11.3 Å². The Kier molecular flexibility index (Phi) is 6.66. The molecule has 9 heteroatoms. The van der Waals surface area contributed by atoms with Crippen molar-refractivity contribution in [1.29, 1.82) is 0 Å². The van der Waals surface area contributed by atoms with E-state index < -0.39 is 0 Å². The number of ether oxygens (including phenoxy) is 1. The van der Waals surface area contributed by atoms with Crippen LogP contribution in [0, 0.1) is 0 Å². The van der Waals surface area contributed by atoms with Gasteiger partial charge in [0, 0.05) is 31.5 Å².